The van der Waals surface area contributed by atoms with Crippen LogP contribution >= 0.6 is 12.2 Å². The molecule has 1 saturated heterocycles. The number of likely N-dealkylation sites (N-methyl/N-ethyl adjacent to an activating group) is 1. The van der Waals surface area contributed by atoms with E-state index >= 15 is 0 Å². The molecule has 1 aliphatic heterocycles. The summed E-state index contributed by atoms with van der Waals surface area (Å²) in [7, 11) is 1.59. The third-order valence-corrected chi connectivity index (χ3v) is 3.85. The molecule has 1 unspecified atom stereocenters. The molecule has 2 amide bonds. The summed E-state index contributed by atoms with van der Waals surface area (Å²) in [4.78, 5) is 26.4. The van der Waals surface area contributed by atoms with Crippen LogP contribution in [0.2, 0.25) is 0 Å². The number of benzene rings is 1. The highest BCUT2D eigenvalue weighted by molar-refractivity contribution is 7.80. The maximum atomic E-state index is 12.6. The molecule has 1 aromatic rings. The van der Waals surface area contributed by atoms with Gasteiger partial charge in [-0.25, -0.2) is 0 Å². The maximum Gasteiger partial charge on any atom is 0.248 e. The number of amides is 2. The molecule has 1 aliphatic rings. The quantitative estimate of drug-likeness (QED) is 0.674. The summed E-state index contributed by atoms with van der Waals surface area (Å²) in [5.74, 6) is -0.581. The van der Waals surface area contributed by atoms with Crippen LogP contribution in [-0.4, -0.2) is 28.9 Å². The summed E-state index contributed by atoms with van der Waals surface area (Å²) in [6.45, 7) is 1.96. The van der Waals surface area contributed by atoms with Gasteiger partial charge in [-0.15, -0.1) is 0 Å². The molecule has 100 valence electrons. The Morgan fingerprint density at radius 2 is 1.89 bits per heavy atom. The lowest BCUT2D eigenvalue weighted by Gasteiger charge is -2.39. The number of hydrogen-bond acceptors (Lipinski definition) is 3. The van der Waals surface area contributed by atoms with Gasteiger partial charge in [-0.05, 0) is 24.2 Å². The zero-order chi connectivity index (χ0) is 14.0. The van der Waals surface area contributed by atoms with Gasteiger partial charge in [0.2, 0.25) is 11.8 Å². The van der Waals surface area contributed by atoms with Gasteiger partial charge in [-0.3, -0.25) is 14.5 Å². The molecular formula is C14H16N2O2S. The van der Waals surface area contributed by atoms with E-state index < -0.39 is 5.41 Å². The van der Waals surface area contributed by atoms with E-state index in [0.717, 1.165) is 6.42 Å². The molecule has 0 aromatic heterocycles. The smallest absolute Gasteiger partial charge is 0.248 e. The minimum absolute atomic E-state index is 0.164. The van der Waals surface area contributed by atoms with Crippen molar-refractivity contribution in [2.24, 2.45) is 0 Å². The predicted molar refractivity (Wildman–Crippen MR) is 76.5 cm³/mol. The molecule has 19 heavy (non-hydrogen) atoms. The molecule has 0 bridgehead atoms. The van der Waals surface area contributed by atoms with Crippen LogP contribution in [0, 0.1) is 0 Å². The van der Waals surface area contributed by atoms with Gasteiger partial charge in [0, 0.05) is 7.05 Å². The molecular weight excluding hydrogens is 260 g/mol. The third-order valence-electron chi connectivity index (χ3n) is 3.47. The lowest BCUT2D eigenvalue weighted by Crippen LogP contribution is -2.64. The van der Waals surface area contributed by atoms with E-state index in [4.69, 9.17) is 12.2 Å². The molecule has 4 nitrogen and oxygen atoms in total. The van der Waals surface area contributed by atoms with E-state index in [9.17, 15) is 9.59 Å². The molecule has 1 N–H and O–H groups in total. The fourth-order valence-electron chi connectivity index (χ4n) is 2.48. The van der Waals surface area contributed by atoms with Gasteiger partial charge in [0.15, 0.2) is 10.5 Å². The van der Waals surface area contributed by atoms with Crippen LogP contribution in [-0.2, 0) is 15.0 Å². The van der Waals surface area contributed by atoms with Crippen molar-refractivity contribution in [2.45, 2.75) is 25.2 Å². The Labute approximate surface area is 117 Å². The van der Waals surface area contributed by atoms with Gasteiger partial charge in [0.25, 0.3) is 0 Å². The Bertz CT molecular complexity index is 530. The summed E-state index contributed by atoms with van der Waals surface area (Å²) in [6.07, 6.45) is 1.20. The Balaban J connectivity index is 2.58. The van der Waals surface area contributed by atoms with Crippen LogP contribution in [0.1, 0.15) is 25.3 Å². The summed E-state index contributed by atoms with van der Waals surface area (Å²) in [6, 6.07) is 9.16. The van der Waals surface area contributed by atoms with Crippen molar-refractivity contribution in [3.63, 3.8) is 0 Å². The summed E-state index contributed by atoms with van der Waals surface area (Å²) in [5, 5.41) is 2.80. The zero-order valence-corrected chi connectivity index (χ0v) is 11.8. The van der Waals surface area contributed by atoms with Crippen LogP contribution in [0.5, 0.6) is 0 Å². The van der Waals surface area contributed by atoms with Gasteiger partial charge >= 0.3 is 0 Å². The standard InChI is InChI=1S/C14H16N2O2S/c1-3-9-14(10-7-5-4-6-8-10)11(17)15-13(19)16(2)12(14)18/h4-8H,3,9H2,1-2H3,(H,15,17,19). The molecule has 0 radical (unpaired) electrons. The molecule has 1 fully saturated rings. The first-order valence-electron chi connectivity index (χ1n) is 6.23. The van der Waals surface area contributed by atoms with Crippen LogP contribution in [0.3, 0.4) is 0 Å². The largest absolute Gasteiger partial charge is 0.301 e. The highest BCUT2D eigenvalue weighted by Crippen LogP contribution is 2.34. The van der Waals surface area contributed by atoms with E-state index in [1.165, 1.54) is 4.90 Å². The van der Waals surface area contributed by atoms with Crippen LogP contribution in [0.15, 0.2) is 30.3 Å². The van der Waals surface area contributed by atoms with E-state index in [1.54, 1.807) is 7.05 Å². The van der Waals surface area contributed by atoms with Gasteiger partial charge < -0.3 is 5.32 Å². The highest BCUT2D eigenvalue weighted by Gasteiger charge is 2.52. The van der Waals surface area contributed by atoms with Crippen molar-refractivity contribution < 1.29 is 9.59 Å². The van der Waals surface area contributed by atoms with E-state index in [0.29, 0.717) is 12.0 Å². The lowest BCUT2D eigenvalue weighted by molar-refractivity contribution is -0.143. The second-order valence-corrected chi connectivity index (χ2v) is 5.03. The Kier molecular flexibility index (Phi) is 3.66. The molecule has 2 rings (SSSR count). The van der Waals surface area contributed by atoms with Crippen molar-refractivity contribution in [1.29, 1.82) is 0 Å². The second kappa shape index (κ2) is 5.09. The molecule has 5 heteroatoms. The Morgan fingerprint density at radius 3 is 2.47 bits per heavy atom. The fourth-order valence-corrected chi connectivity index (χ4v) is 2.66. The predicted octanol–water partition coefficient (Wildman–Crippen LogP) is 1.60. The van der Waals surface area contributed by atoms with Crippen molar-refractivity contribution in [1.82, 2.24) is 10.2 Å². The molecule has 0 saturated carbocycles. The fraction of sp³-hybridized carbons (Fsp3) is 0.357. The lowest BCUT2D eigenvalue weighted by atomic mass is 9.74. The van der Waals surface area contributed by atoms with Gasteiger partial charge in [-0.1, -0.05) is 43.7 Å². The monoisotopic (exact) mass is 276 g/mol. The van der Waals surface area contributed by atoms with Crippen LogP contribution in [0.4, 0.5) is 0 Å². The Morgan fingerprint density at radius 1 is 1.26 bits per heavy atom. The van der Waals surface area contributed by atoms with Crippen molar-refractivity contribution >= 4 is 29.1 Å². The van der Waals surface area contributed by atoms with Gasteiger partial charge in [-0.2, -0.15) is 0 Å². The number of hydrogen-bond donors (Lipinski definition) is 1. The minimum atomic E-state index is -1.16. The molecule has 1 aromatic carbocycles. The first-order valence-corrected chi connectivity index (χ1v) is 6.64. The van der Waals surface area contributed by atoms with Crippen molar-refractivity contribution in [3.8, 4) is 0 Å². The van der Waals surface area contributed by atoms with Crippen molar-refractivity contribution in [2.75, 3.05) is 7.05 Å². The average molecular weight is 276 g/mol. The molecule has 0 aliphatic carbocycles. The number of carbonyl (C=O) groups excluding carboxylic acids is 2. The van der Waals surface area contributed by atoms with E-state index in [2.05, 4.69) is 5.32 Å². The van der Waals surface area contributed by atoms with E-state index in [1.807, 2.05) is 37.3 Å². The highest BCUT2D eigenvalue weighted by atomic mass is 32.1. The summed E-state index contributed by atoms with van der Waals surface area (Å²) < 4.78 is 0. The maximum absolute atomic E-state index is 12.6. The molecule has 1 atom stereocenters. The third kappa shape index (κ3) is 2.04. The number of thiocarbonyl (C=S) groups is 1. The summed E-state index contributed by atoms with van der Waals surface area (Å²) >= 11 is 4.99. The number of carbonyl (C=O) groups is 2. The second-order valence-electron chi connectivity index (χ2n) is 4.64. The number of nitrogens with one attached hydrogen (secondary N) is 1. The average Bonchev–Trinajstić information content (AvgIpc) is 2.42. The normalized spacial score (nSPS) is 23.5. The van der Waals surface area contributed by atoms with Crippen LogP contribution < -0.4 is 5.32 Å². The summed E-state index contributed by atoms with van der Waals surface area (Å²) in [5.41, 5.74) is -0.443. The number of nitrogens with zero attached hydrogens (tertiary/aromatic N) is 1. The topological polar surface area (TPSA) is 49.4 Å². The SMILES string of the molecule is CCCC1(c2ccccc2)C(=O)NC(=S)N(C)C1=O. The zero-order valence-electron chi connectivity index (χ0n) is 11.0. The van der Waals surface area contributed by atoms with E-state index in [-0.39, 0.29) is 16.9 Å². The first kappa shape index (κ1) is 13.7. The number of rotatable bonds is 3. The first-order chi connectivity index (χ1) is 9.04. The van der Waals surface area contributed by atoms with Crippen molar-refractivity contribution in [3.05, 3.63) is 35.9 Å². The molecule has 1 heterocycles. The Hall–Kier alpha value is -1.75. The molecule has 0 spiro atoms. The van der Waals surface area contributed by atoms with Gasteiger partial charge in [0.05, 0.1) is 0 Å². The van der Waals surface area contributed by atoms with Gasteiger partial charge in [0.1, 0.15) is 0 Å². The minimum Gasteiger partial charge on any atom is -0.301 e. The van der Waals surface area contributed by atoms with Crippen LogP contribution in [0.25, 0.3) is 0 Å².